The van der Waals surface area contributed by atoms with Crippen molar-refractivity contribution in [3.05, 3.63) is 45.0 Å². The van der Waals surface area contributed by atoms with Crippen molar-refractivity contribution in [2.75, 3.05) is 18.5 Å². The SMILES string of the molecule is O=C(Nc1n[nH]c(C(=O)NCCO)c1Br)c1ccccc1Cl. The van der Waals surface area contributed by atoms with Gasteiger partial charge in [-0.2, -0.15) is 5.10 Å². The van der Waals surface area contributed by atoms with Crippen molar-refractivity contribution in [3.63, 3.8) is 0 Å². The summed E-state index contributed by atoms with van der Waals surface area (Å²) in [5, 5.41) is 20.4. The van der Waals surface area contributed by atoms with Crippen molar-refractivity contribution in [1.29, 1.82) is 0 Å². The number of carbonyl (C=O) groups excluding carboxylic acids is 2. The summed E-state index contributed by atoms with van der Waals surface area (Å²) in [5.74, 6) is -0.731. The summed E-state index contributed by atoms with van der Waals surface area (Å²) in [6.07, 6.45) is 0. The number of nitrogens with one attached hydrogen (secondary N) is 3. The highest BCUT2D eigenvalue weighted by Crippen LogP contribution is 2.25. The second-order valence-corrected chi connectivity index (χ2v) is 5.37. The van der Waals surface area contributed by atoms with E-state index in [9.17, 15) is 9.59 Å². The number of aliphatic hydroxyl groups excluding tert-OH is 1. The minimum absolute atomic E-state index is 0.117. The summed E-state index contributed by atoms with van der Waals surface area (Å²) >= 11 is 9.15. The topological polar surface area (TPSA) is 107 Å². The molecule has 2 amide bonds. The van der Waals surface area contributed by atoms with Gasteiger partial charge in [-0.1, -0.05) is 23.7 Å². The lowest BCUT2D eigenvalue weighted by Crippen LogP contribution is -2.27. The fourth-order valence-corrected chi connectivity index (χ4v) is 2.32. The molecular formula is C13H12BrClN4O3. The molecule has 0 fully saturated rings. The molecule has 0 unspecified atom stereocenters. The molecule has 0 aliphatic carbocycles. The number of hydrogen-bond donors (Lipinski definition) is 4. The standard InChI is InChI=1S/C13H12BrClN4O3/c14-9-10(13(22)16-5-6-20)18-19-11(9)17-12(21)7-3-1-2-4-8(7)15/h1-4,20H,5-6H2,(H,16,22)(H2,17,18,19,21). The van der Waals surface area contributed by atoms with Gasteiger partial charge in [-0.3, -0.25) is 14.7 Å². The van der Waals surface area contributed by atoms with Crippen molar-refractivity contribution in [3.8, 4) is 0 Å². The molecule has 0 spiro atoms. The average molecular weight is 388 g/mol. The average Bonchev–Trinajstić information content (AvgIpc) is 2.86. The Bertz CT molecular complexity index is 704. The number of anilines is 1. The predicted molar refractivity (Wildman–Crippen MR) is 85.1 cm³/mol. The zero-order valence-electron chi connectivity index (χ0n) is 11.2. The van der Waals surface area contributed by atoms with Crippen LogP contribution in [-0.2, 0) is 0 Å². The van der Waals surface area contributed by atoms with E-state index >= 15 is 0 Å². The van der Waals surface area contributed by atoms with Gasteiger partial charge in [-0.15, -0.1) is 0 Å². The van der Waals surface area contributed by atoms with Crippen LogP contribution < -0.4 is 10.6 Å². The third-order valence-corrected chi connectivity index (χ3v) is 3.78. The van der Waals surface area contributed by atoms with Crippen LogP contribution in [0.3, 0.4) is 0 Å². The van der Waals surface area contributed by atoms with Gasteiger partial charge in [0.05, 0.1) is 21.7 Å². The first-order valence-corrected chi connectivity index (χ1v) is 7.40. The maximum absolute atomic E-state index is 12.1. The van der Waals surface area contributed by atoms with E-state index in [0.29, 0.717) is 15.1 Å². The number of carbonyl (C=O) groups is 2. The molecule has 0 atom stereocenters. The fraction of sp³-hybridized carbons (Fsp3) is 0.154. The van der Waals surface area contributed by atoms with E-state index in [2.05, 4.69) is 36.8 Å². The van der Waals surface area contributed by atoms with Gasteiger partial charge in [0.25, 0.3) is 11.8 Å². The molecule has 7 nitrogen and oxygen atoms in total. The zero-order chi connectivity index (χ0) is 16.1. The van der Waals surface area contributed by atoms with Crippen LogP contribution in [0.4, 0.5) is 5.82 Å². The predicted octanol–water partition coefficient (Wildman–Crippen LogP) is 1.80. The van der Waals surface area contributed by atoms with Crippen LogP contribution in [0.2, 0.25) is 5.02 Å². The maximum Gasteiger partial charge on any atom is 0.270 e. The highest BCUT2D eigenvalue weighted by molar-refractivity contribution is 9.10. The molecule has 0 aliphatic heterocycles. The Morgan fingerprint density at radius 3 is 2.73 bits per heavy atom. The number of benzene rings is 1. The molecule has 1 aromatic carbocycles. The zero-order valence-corrected chi connectivity index (χ0v) is 13.5. The molecule has 1 aromatic heterocycles. The summed E-state index contributed by atoms with van der Waals surface area (Å²) in [5.41, 5.74) is 0.438. The Morgan fingerprint density at radius 2 is 2.05 bits per heavy atom. The van der Waals surface area contributed by atoms with Gasteiger partial charge in [0.15, 0.2) is 5.82 Å². The largest absolute Gasteiger partial charge is 0.395 e. The first kappa shape index (κ1) is 16.5. The van der Waals surface area contributed by atoms with Gasteiger partial charge < -0.3 is 15.7 Å². The van der Waals surface area contributed by atoms with E-state index < -0.39 is 11.8 Å². The van der Waals surface area contributed by atoms with Gasteiger partial charge in [0.2, 0.25) is 0 Å². The summed E-state index contributed by atoms with van der Waals surface area (Å²) in [6, 6.07) is 6.58. The van der Waals surface area contributed by atoms with Crippen molar-refractivity contribution >= 4 is 45.2 Å². The minimum Gasteiger partial charge on any atom is -0.395 e. The number of hydrogen-bond acceptors (Lipinski definition) is 4. The Balaban J connectivity index is 2.14. The van der Waals surface area contributed by atoms with Crippen LogP contribution in [0.5, 0.6) is 0 Å². The number of aliphatic hydroxyl groups is 1. The Hall–Kier alpha value is -1.90. The van der Waals surface area contributed by atoms with Crippen LogP contribution in [-0.4, -0.2) is 40.3 Å². The molecule has 1 heterocycles. The monoisotopic (exact) mass is 386 g/mol. The molecule has 4 N–H and O–H groups in total. The Morgan fingerprint density at radius 1 is 1.32 bits per heavy atom. The van der Waals surface area contributed by atoms with E-state index in [1.165, 1.54) is 0 Å². The fourth-order valence-electron chi connectivity index (χ4n) is 1.64. The molecule has 2 rings (SSSR count). The van der Waals surface area contributed by atoms with Crippen LogP contribution in [0.1, 0.15) is 20.8 Å². The highest BCUT2D eigenvalue weighted by atomic mass is 79.9. The number of nitrogens with zero attached hydrogens (tertiary/aromatic N) is 1. The first-order valence-electron chi connectivity index (χ1n) is 6.23. The lowest BCUT2D eigenvalue weighted by Gasteiger charge is -2.04. The molecule has 116 valence electrons. The van der Waals surface area contributed by atoms with Crippen LogP contribution >= 0.6 is 27.5 Å². The van der Waals surface area contributed by atoms with E-state index in [1.807, 2.05) is 0 Å². The second-order valence-electron chi connectivity index (χ2n) is 4.17. The lowest BCUT2D eigenvalue weighted by molar-refractivity contribution is 0.0938. The van der Waals surface area contributed by atoms with Gasteiger partial charge in [-0.05, 0) is 28.1 Å². The van der Waals surface area contributed by atoms with E-state index in [-0.39, 0.29) is 24.7 Å². The number of rotatable bonds is 5. The van der Waals surface area contributed by atoms with Crippen molar-refractivity contribution in [2.45, 2.75) is 0 Å². The number of halogens is 2. The second kappa shape index (κ2) is 7.39. The molecule has 0 bridgehead atoms. The molecule has 0 aliphatic rings. The molecule has 2 aromatic rings. The van der Waals surface area contributed by atoms with E-state index in [1.54, 1.807) is 24.3 Å². The first-order chi connectivity index (χ1) is 10.5. The molecular weight excluding hydrogens is 376 g/mol. The number of amides is 2. The normalized spacial score (nSPS) is 10.3. The summed E-state index contributed by atoms with van der Waals surface area (Å²) in [7, 11) is 0. The quantitative estimate of drug-likeness (QED) is 0.627. The minimum atomic E-state index is -0.452. The van der Waals surface area contributed by atoms with Gasteiger partial charge in [0.1, 0.15) is 5.69 Å². The third-order valence-electron chi connectivity index (χ3n) is 2.68. The maximum atomic E-state index is 12.1. The van der Waals surface area contributed by atoms with Gasteiger partial charge >= 0.3 is 0 Å². The van der Waals surface area contributed by atoms with Gasteiger partial charge in [-0.25, -0.2) is 0 Å². The molecule has 0 saturated heterocycles. The summed E-state index contributed by atoms with van der Waals surface area (Å²) in [4.78, 5) is 23.9. The van der Waals surface area contributed by atoms with Crippen molar-refractivity contribution in [2.24, 2.45) is 0 Å². The number of aromatic nitrogens is 2. The third kappa shape index (κ3) is 3.65. The van der Waals surface area contributed by atoms with Crippen LogP contribution in [0, 0.1) is 0 Å². The molecule has 0 radical (unpaired) electrons. The van der Waals surface area contributed by atoms with Crippen molar-refractivity contribution < 1.29 is 14.7 Å². The van der Waals surface area contributed by atoms with Crippen molar-refractivity contribution in [1.82, 2.24) is 15.5 Å². The van der Waals surface area contributed by atoms with E-state index in [0.717, 1.165) is 0 Å². The Kier molecular flexibility index (Phi) is 5.53. The molecule has 0 saturated carbocycles. The van der Waals surface area contributed by atoms with Crippen LogP contribution in [0.25, 0.3) is 0 Å². The lowest BCUT2D eigenvalue weighted by atomic mass is 10.2. The smallest absolute Gasteiger partial charge is 0.270 e. The highest BCUT2D eigenvalue weighted by Gasteiger charge is 2.19. The summed E-state index contributed by atoms with van der Waals surface area (Å²) < 4.78 is 0.309. The number of H-pyrrole nitrogens is 1. The van der Waals surface area contributed by atoms with Crippen LogP contribution in [0.15, 0.2) is 28.7 Å². The molecule has 22 heavy (non-hydrogen) atoms. The number of aromatic amines is 1. The Labute approximate surface area is 139 Å². The van der Waals surface area contributed by atoms with Gasteiger partial charge in [0, 0.05) is 6.54 Å². The molecule has 9 heteroatoms. The van der Waals surface area contributed by atoms with E-state index in [4.69, 9.17) is 16.7 Å². The summed E-state index contributed by atoms with van der Waals surface area (Å²) in [6.45, 7) is -0.0563.